The summed E-state index contributed by atoms with van der Waals surface area (Å²) in [5, 5.41) is 0. The van der Waals surface area contributed by atoms with Crippen molar-refractivity contribution in [1.82, 2.24) is 0 Å². The number of hydrogen-bond donors (Lipinski definition) is 0. The Balaban J connectivity index is 0.000000321. The molecular formula is C15H14O5. The summed E-state index contributed by atoms with van der Waals surface area (Å²) in [6.07, 6.45) is 5.47. The lowest BCUT2D eigenvalue weighted by molar-refractivity contribution is -0.118. The smallest absolute Gasteiger partial charge is 0.181 e. The van der Waals surface area contributed by atoms with Crippen LogP contribution >= 0.6 is 0 Å². The third-order valence-corrected chi connectivity index (χ3v) is 2.31. The normalized spacial score (nSPS) is 17.2. The van der Waals surface area contributed by atoms with E-state index in [1.165, 1.54) is 24.3 Å². The minimum atomic E-state index is -0.130. The van der Waals surface area contributed by atoms with Gasteiger partial charge in [-0.2, -0.15) is 0 Å². The van der Waals surface area contributed by atoms with Crippen LogP contribution in [-0.2, 0) is 24.0 Å². The molecule has 0 radical (unpaired) electrons. The molecule has 0 saturated carbocycles. The lowest BCUT2D eigenvalue weighted by Crippen LogP contribution is -2.08. The van der Waals surface area contributed by atoms with Gasteiger partial charge in [0.15, 0.2) is 23.1 Å². The van der Waals surface area contributed by atoms with E-state index in [2.05, 4.69) is 13.2 Å². The minimum Gasteiger partial charge on any atom is -0.307 e. The lowest BCUT2D eigenvalue weighted by Gasteiger charge is -2.01. The van der Waals surface area contributed by atoms with Gasteiger partial charge in [-0.15, -0.1) is 0 Å². The van der Waals surface area contributed by atoms with Crippen LogP contribution in [0.15, 0.2) is 48.6 Å². The number of ketones is 4. The Morgan fingerprint density at radius 1 is 0.650 bits per heavy atom. The summed E-state index contributed by atoms with van der Waals surface area (Å²) in [7, 11) is 0. The molecule has 5 heteroatoms. The molecular weight excluding hydrogens is 260 g/mol. The molecule has 104 valence electrons. The Bertz CT molecular complexity index is 486. The van der Waals surface area contributed by atoms with Crippen molar-refractivity contribution in [2.45, 2.75) is 12.8 Å². The Morgan fingerprint density at radius 2 is 0.950 bits per heavy atom. The fraction of sp³-hybridized carbons (Fsp3) is 0.133. The summed E-state index contributed by atoms with van der Waals surface area (Å²) in [5.74, 6) is -0.344. The molecule has 0 aromatic rings. The zero-order valence-electron chi connectivity index (χ0n) is 10.9. The van der Waals surface area contributed by atoms with E-state index < -0.39 is 0 Å². The van der Waals surface area contributed by atoms with Gasteiger partial charge in [-0.1, -0.05) is 13.2 Å². The number of carbonyl (C=O) groups is 5. The van der Waals surface area contributed by atoms with E-state index in [0.29, 0.717) is 11.1 Å². The first-order chi connectivity index (χ1) is 9.40. The molecule has 0 heterocycles. The van der Waals surface area contributed by atoms with E-state index in [1.54, 1.807) is 0 Å². The van der Waals surface area contributed by atoms with E-state index in [0.717, 1.165) is 0 Å². The average molecular weight is 274 g/mol. The van der Waals surface area contributed by atoms with Crippen molar-refractivity contribution in [3.63, 3.8) is 0 Å². The highest BCUT2D eigenvalue weighted by Crippen LogP contribution is 2.08. The van der Waals surface area contributed by atoms with Gasteiger partial charge in [0.25, 0.3) is 0 Å². The summed E-state index contributed by atoms with van der Waals surface area (Å²) in [4.78, 5) is 50.2. The Hall–Kier alpha value is -2.69. The van der Waals surface area contributed by atoms with Crippen LogP contribution in [0.25, 0.3) is 0 Å². The zero-order chi connectivity index (χ0) is 15.7. The van der Waals surface area contributed by atoms with Gasteiger partial charge in [0.1, 0.15) is 6.79 Å². The summed E-state index contributed by atoms with van der Waals surface area (Å²) < 4.78 is 0. The van der Waals surface area contributed by atoms with Crippen molar-refractivity contribution in [1.29, 1.82) is 0 Å². The van der Waals surface area contributed by atoms with Crippen molar-refractivity contribution in [3.8, 4) is 0 Å². The lowest BCUT2D eigenvalue weighted by atomic mass is 10.0. The molecule has 0 bridgehead atoms. The third kappa shape index (κ3) is 5.77. The first-order valence-corrected chi connectivity index (χ1v) is 5.55. The highest BCUT2D eigenvalue weighted by molar-refractivity contribution is 6.15. The monoisotopic (exact) mass is 274 g/mol. The molecule has 2 aliphatic carbocycles. The average Bonchev–Trinajstić information content (AvgIpc) is 2.42. The SMILES string of the molecule is C=C1CC(=O)C=CC1=O.C=C1CC(=O)C=CC1=O.C=O. The van der Waals surface area contributed by atoms with Crippen molar-refractivity contribution < 1.29 is 24.0 Å². The summed E-state index contributed by atoms with van der Waals surface area (Å²) in [5.41, 5.74) is 0.782. The molecule has 0 atom stereocenters. The number of hydrogen-bond acceptors (Lipinski definition) is 5. The topological polar surface area (TPSA) is 85.3 Å². The van der Waals surface area contributed by atoms with E-state index in [4.69, 9.17) is 4.79 Å². The summed E-state index contributed by atoms with van der Waals surface area (Å²) in [6, 6.07) is 0. The Morgan fingerprint density at radius 3 is 1.15 bits per heavy atom. The molecule has 0 spiro atoms. The maximum absolute atomic E-state index is 10.6. The van der Waals surface area contributed by atoms with Crippen LogP contribution in [0.2, 0.25) is 0 Å². The van der Waals surface area contributed by atoms with Crippen LogP contribution in [0, 0.1) is 0 Å². The molecule has 5 nitrogen and oxygen atoms in total. The van der Waals surface area contributed by atoms with E-state index >= 15 is 0 Å². The first-order valence-electron chi connectivity index (χ1n) is 5.55. The molecule has 0 amide bonds. The number of allylic oxidation sites excluding steroid dienone is 6. The summed E-state index contributed by atoms with van der Waals surface area (Å²) in [6.45, 7) is 8.85. The second-order valence-corrected chi connectivity index (χ2v) is 3.89. The minimum absolute atomic E-state index is 0.0420. The van der Waals surface area contributed by atoms with Crippen LogP contribution in [0.4, 0.5) is 0 Å². The van der Waals surface area contributed by atoms with Gasteiger partial charge in [0.2, 0.25) is 0 Å². The molecule has 0 aromatic heterocycles. The second-order valence-electron chi connectivity index (χ2n) is 3.89. The van der Waals surface area contributed by atoms with Crippen LogP contribution < -0.4 is 0 Å². The van der Waals surface area contributed by atoms with Crippen LogP contribution in [0.1, 0.15) is 12.8 Å². The molecule has 0 fully saturated rings. The predicted octanol–water partition coefficient (Wildman–Crippen LogP) is 1.10. The van der Waals surface area contributed by atoms with Crippen LogP contribution in [0.3, 0.4) is 0 Å². The van der Waals surface area contributed by atoms with Gasteiger partial charge < -0.3 is 4.79 Å². The third-order valence-electron chi connectivity index (χ3n) is 2.31. The Labute approximate surface area is 116 Å². The van der Waals surface area contributed by atoms with Gasteiger partial charge in [-0.3, -0.25) is 19.2 Å². The van der Waals surface area contributed by atoms with E-state index in [9.17, 15) is 19.2 Å². The molecule has 0 unspecified atom stereocenters. The molecule has 2 aliphatic rings. The highest BCUT2D eigenvalue weighted by atomic mass is 16.1. The van der Waals surface area contributed by atoms with Crippen LogP contribution in [0.5, 0.6) is 0 Å². The van der Waals surface area contributed by atoms with Crippen molar-refractivity contribution in [2.24, 2.45) is 0 Å². The van der Waals surface area contributed by atoms with Crippen LogP contribution in [-0.4, -0.2) is 29.9 Å². The van der Waals surface area contributed by atoms with E-state index in [1.807, 2.05) is 6.79 Å². The fourth-order valence-electron chi connectivity index (χ4n) is 1.29. The van der Waals surface area contributed by atoms with Gasteiger partial charge >= 0.3 is 0 Å². The van der Waals surface area contributed by atoms with Crippen molar-refractivity contribution in [2.75, 3.05) is 0 Å². The molecule has 0 aliphatic heterocycles. The van der Waals surface area contributed by atoms with Gasteiger partial charge in [-0.25, -0.2) is 0 Å². The van der Waals surface area contributed by atoms with Crippen molar-refractivity contribution in [3.05, 3.63) is 48.6 Å². The summed E-state index contributed by atoms with van der Waals surface area (Å²) >= 11 is 0. The van der Waals surface area contributed by atoms with Gasteiger partial charge in [0.05, 0.1) is 0 Å². The van der Waals surface area contributed by atoms with E-state index in [-0.39, 0.29) is 36.0 Å². The number of rotatable bonds is 0. The molecule has 0 N–H and O–H groups in total. The Kier molecular flexibility index (Phi) is 7.29. The fourth-order valence-corrected chi connectivity index (χ4v) is 1.29. The predicted molar refractivity (Wildman–Crippen MR) is 72.9 cm³/mol. The molecule has 0 aromatic carbocycles. The first kappa shape index (κ1) is 17.3. The van der Waals surface area contributed by atoms with Gasteiger partial charge in [0, 0.05) is 12.8 Å². The zero-order valence-corrected chi connectivity index (χ0v) is 10.9. The molecule has 20 heavy (non-hydrogen) atoms. The molecule has 0 saturated heterocycles. The largest absolute Gasteiger partial charge is 0.307 e. The van der Waals surface area contributed by atoms with Gasteiger partial charge in [-0.05, 0) is 35.5 Å². The highest BCUT2D eigenvalue weighted by Gasteiger charge is 2.12. The number of carbonyl (C=O) groups excluding carboxylic acids is 5. The molecule has 2 rings (SSSR count). The maximum atomic E-state index is 10.6. The standard InChI is InChI=1S/2C7H6O2.CH2O/c2*1-5-4-6(8)2-3-7(5)9;1-2/h2*2-3H,1,4H2;1H2. The van der Waals surface area contributed by atoms with Crippen molar-refractivity contribution >= 4 is 29.9 Å². The second kappa shape index (κ2) is 8.42. The quantitative estimate of drug-likeness (QED) is 0.617. The maximum Gasteiger partial charge on any atom is 0.181 e.